The van der Waals surface area contributed by atoms with Gasteiger partial charge in [0.15, 0.2) is 5.79 Å². The van der Waals surface area contributed by atoms with Crippen molar-refractivity contribution in [1.29, 1.82) is 0 Å². The molecule has 2 unspecified atom stereocenters. The SMILES string of the molecule is CC1(C)O[C@@H]2C(N)CC(COCc3ccccc3)[C@@H]2O1. The fourth-order valence-electron chi connectivity index (χ4n) is 3.20. The van der Waals surface area contributed by atoms with Crippen molar-refractivity contribution in [1.82, 2.24) is 0 Å². The van der Waals surface area contributed by atoms with E-state index in [4.69, 9.17) is 19.9 Å². The molecule has 4 nitrogen and oxygen atoms in total. The maximum absolute atomic E-state index is 6.15. The van der Waals surface area contributed by atoms with Crippen LogP contribution in [0, 0.1) is 5.92 Å². The minimum absolute atomic E-state index is 0.00956. The molecular weight excluding hydrogens is 254 g/mol. The monoisotopic (exact) mass is 277 g/mol. The van der Waals surface area contributed by atoms with Crippen molar-refractivity contribution in [3.05, 3.63) is 35.9 Å². The highest BCUT2D eigenvalue weighted by molar-refractivity contribution is 5.13. The molecular formula is C16H23NO3. The summed E-state index contributed by atoms with van der Waals surface area (Å²) in [6.07, 6.45) is 0.978. The molecule has 3 rings (SSSR count). The van der Waals surface area contributed by atoms with Crippen molar-refractivity contribution < 1.29 is 14.2 Å². The van der Waals surface area contributed by atoms with Gasteiger partial charge in [-0.15, -0.1) is 0 Å². The number of ether oxygens (including phenoxy) is 3. The molecule has 110 valence electrons. The molecule has 2 fully saturated rings. The van der Waals surface area contributed by atoms with E-state index in [2.05, 4.69) is 12.1 Å². The van der Waals surface area contributed by atoms with Crippen LogP contribution >= 0.6 is 0 Å². The van der Waals surface area contributed by atoms with Gasteiger partial charge in [0.25, 0.3) is 0 Å². The van der Waals surface area contributed by atoms with Crippen molar-refractivity contribution in [2.24, 2.45) is 11.7 Å². The van der Waals surface area contributed by atoms with E-state index in [9.17, 15) is 0 Å². The lowest BCUT2D eigenvalue weighted by Gasteiger charge is -2.22. The fourth-order valence-corrected chi connectivity index (χ4v) is 3.20. The second kappa shape index (κ2) is 5.45. The van der Waals surface area contributed by atoms with E-state index >= 15 is 0 Å². The third-order valence-corrected chi connectivity index (χ3v) is 4.07. The van der Waals surface area contributed by atoms with E-state index in [0.29, 0.717) is 19.1 Å². The minimum atomic E-state index is -0.523. The normalized spacial score (nSPS) is 35.1. The van der Waals surface area contributed by atoms with Crippen molar-refractivity contribution >= 4 is 0 Å². The minimum Gasteiger partial charge on any atom is -0.376 e. The summed E-state index contributed by atoms with van der Waals surface area (Å²) in [6, 6.07) is 10.2. The summed E-state index contributed by atoms with van der Waals surface area (Å²) in [4.78, 5) is 0. The van der Waals surface area contributed by atoms with Gasteiger partial charge in [0.2, 0.25) is 0 Å². The summed E-state index contributed by atoms with van der Waals surface area (Å²) in [6.45, 7) is 5.19. The Morgan fingerprint density at radius 3 is 2.65 bits per heavy atom. The van der Waals surface area contributed by atoms with Crippen LogP contribution in [0.2, 0.25) is 0 Å². The number of fused-ring (bicyclic) bond motifs is 1. The molecule has 0 radical (unpaired) electrons. The van der Waals surface area contributed by atoms with E-state index in [0.717, 1.165) is 6.42 Å². The van der Waals surface area contributed by atoms with Crippen molar-refractivity contribution in [3.8, 4) is 0 Å². The van der Waals surface area contributed by atoms with Crippen molar-refractivity contribution in [3.63, 3.8) is 0 Å². The molecule has 0 bridgehead atoms. The molecule has 4 heteroatoms. The molecule has 1 heterocycles. The standard InChI is InChI=1S/C16H23NO3/c1-16(2)19-14-12(8-13(17)15(14)20-16)10-18-9-11-6-4-3-5-7-11/h3-7,12-15H,8-10,17H2,1-2H3/t12?,13?,14-,15+/m0/s1. The van der Waals surface area contributed by atoms with Crippen LogP contribution in [0.15, 0.2) is 30.3 Å². The first-order valence-electron chi connectivity index (χ1n) is 7.28. The van der Waals surface area contributed by atoms with Gasteiger partial charge in [-0.25, -0.2) is 0 Å². The van der Waals surface area contributed by atoms with Gasteiger partial charge < -0.3 is 19.9 Å². The lowest BCUT2D eigenvalue weighted by molar-refractivity contribution is -0.160. The highest BCUT2D eigenvalue weighted by Crippen LogP contribution is 2.41. The zero-order valence-electron chi connectivity index (χ0n) is 12.1. The smallest absolute Gasteiger partial charge is 0.163 e. The molecule has 0 spiro atoms. The summed E-state index contributed by atoms with van der Waals surface area (Å²) in [5.41, 5.74) is 7.34. The summed E-state index contributed by atoms with van der Waals surface area (Å²) in [5.74, 6) is -0.203. The van der Waals surface area contributed by atoms with Gasteiger partial charge in [-0.3, -0.25) is 0 Å². The molecule has 1 aliphatic heterocycles. The molecule has 1 aromatic carbocycles. The maximum Gasteiger partial charge on any atom is 0.163 e. The molecule has 2 aliphatic rings. The topological polar surface area (TPSA) is 53.7 Å². The third kappa shape index (κ3) is 2.88. The van der Waals surface area contributed by atoms with Crippen LogP contribution in [0.1, 0.15) is 25.8 Å². The average Bonchev–Trinajstić information content (AvgIpc) is 2.87. The second-order valence-corrected chi connectivity index (χ2v) is 6.23. The molecule has 1 aliphatic carbocycles. The number of nitrogens with two attached hydrogens (primary N) is 1. The molecule has 20 heavy (non-hydrogen) atoms. The molecule has 4 atom stereocenters. The van der Waals surface area contributed by atoms with Gasteiger partial charge in [-0.05, 0) is 25.8 Å². The first kappa shape index (κ1) is 14.0. The van der Waals surface area contributed by atoms with Crippen LogP contribution in [0.3, 0.4) is 0 Å². The fraction of sp³-hybridized carbons (Fsp3) is 0.625. The van der Waals surface area contributed by atoms with E-state index in [1.54, 1.807) is 0 Å². The number of benzene rings is 1. The summed E-state index contributed by atoms with van der Waals surface area (Å²) < 4.78 is 17.7. The van der Waals surface area contributed by atoms with Crippen LogP contribution in [-0.4, -0.2) is 30.6 Å². The Labute approximate surface area is 120 Å². The molecule has 0 aromatic heterocycles. The maximum atomic E-state index is 6.15. The van der Waals surface area contributed by atoms with E-state index in [1.807, 2.05) is 32.0 Å². The molecule has 0 amide bonds. The van der Waals surface area contributed by atoms with Crippen LogP contribution < -0.4 is 5.73 Å². The Morgan fingerprint density at radius 1 is 1.20 bits per heavy atom. The highest BCUT2D eigenvalue weighted by Gasteiger charge is 2.52. The third-order valence-electron chi connectivity index (χ3n) is 4.07. The largest absolute Gasteiger partial charge is 0.376 e. The number of rotatable bonds is 4. The van der Waals surface area contributed by atoms with Gasteiger partial charge in [0.05, 0.1) is 19.3 Å². The number of hydrogen-bond donors (Lipinski definition) is 1. The Hall–Kier alpha value is -0.940. The lowest BCUT2D eigenvalue weighted by atomic mass is 10.1. The molecule has 1 aromatic rings. The van der Waals surface area contributed by atoms with Gasteiger partial charge in [0, 0.05) is 12.0 Å². The number of hydrogen-bond acceptors (Lipinski definition) is 4. The molecule has 1 saturated carbocycles. The second-order valence-electron chi connectivity index (χ2n) is 6.23. The van der Waals surface area contributed by atoms with Gasteiger partial charge in [-0.2, -0.15) is 0 Å². The summed E-state index contributed by atoms with van der Waals surface area (Å²) in [5, 5.41) is 0. The lowest BCUT2D eigenvalue weighted by Crippen LogP contribution is -2.35. The Kier molecular flexibility index (Phi) is 3.82. The Morgan fingerprint density at radius 2 is 1.90 bits per heavy atom. The summed E-state index contributed by atoms with van der Waals surface area (Å²) >= 11 is 0. The van der Waals surface area contributed by atoms with Gasteiger partial charge >= 0.3 is 0 Å². The predicted octanol–water partition coefficient (Wildman–Crippen LogP) is 2.07. The first-order chi connectivity index (χ1) is 9.55. The van der Waals surface area contributed by atoms with E-state index < -0.39 is 5.79 Å². The van der Waals surface area contributed by atoms with Crippen LogP contribution in [0.25, 0.3) is 0 Å². The molecule has 1 saturated heterocycles. The highest BCUT2D eigenvalue weighted by atomic mass is 16.8. The quantitative estimate of drug-likeness (QED) is 0.915. The predicted molar refractivity (Wildman–Crippen MR) is 76.0 cm³/mol. The first-order valence-corrected chi connectivity index (χ1v) is 7.28. The van der Waals surface area contributed by atoms with Crippen LogP contribution in [-0.2, 0) is 20.8 Å². The Bertz CT molecular complexity index is 448. The van der Waals surface area contributed by atoms with E-state index in [1.165, 1.54) is 5.56 Å². The zero-order chi connectivity index (χ0) is 14.2. The van der Waals surface area contributed by atoms with Crippen molar-refractivity contribution in [2.75, 3.05) is 6.61 Å². The zero-order valence-corrected chi connectivity index (χ0v) is 12.1. The van der Waals surface area contributed by atoms with E-state index in [-0.39, 0.29) is 18.2 Å². The Balaban J connectivity index is 1.53. The average molecular weight is 277 g/mol. The van der Waals surface area contributed by atoms with Crippen molar-refractivity contribution in [2.45, 2.75) is 50.9 Å². The van der Waals surface area contributed by atoms with Crippen LogP contribution in [0.4, 0.5) is 0 Å². The molecule has 2 N–H and O–H groups in total. The van der Waals surface area contributed by atoms with Gasteiger partial charge in [0.1, 0.15) is 6.10 Å². The van der Waals surface area contributed by atoms with Gasteiger partial charge in [-0.1, -0.05) is 30.3 Å². The summed E-state index contributed by atoms with van der Waals surface area (Å²) in [7, 11) is 0. The van der Waals surface area contributed by atoms with Crippen LogP contribution in [0.5, 0.6) is 0 Å².